The summed E-state index contributed by atoms with van der Waals surface area (Å²) in [5.74, 6) is 6.77. The van der Waals surface area contributed by atoms with E-state index < -0.39 is 17.5 Å². The van der Waals surface area contributed by atoms with E-state index in [-0.39, 0.29) is 18.2 Å². The average molecular weight is 471 g/mol. The summed E-state index contributed by atoms with van der Waals surface area (Å²) in [5.41, 5.74) is 6.68. The van der Waals surface area contributed by atoms with Gasteiger partial charge in [-0.05, 0) is 50.2 Å². The number of ether oxygens (including phenoxy) is 2. The van der Waals surface area contributed by atoms with E-state index in [9.17, 15) is 9.59 Å². The monoisotopic (exact) mass is 470 g/mol. The predicted octanol–water partition coefficient (Wildman–Crippen LogP) is 3.12. The smallest absolute Gasteiger partial charge is 0.270 e. The van der Waals surface area contributed by atoms with E-state index in [2.05, 4.69) is 22.1 Å². The van der Waals surface area contributed by atoms with E-state index in [1.165, 1.54) is 17.2 Å². The summed E-state index contributed by atoms with van der Waals surface area (Å²) in [4.78, 5) is 31.6. The third-order valence-electron chi connectivity index (χ3n) is 5.13. The van der Waals surface area contributed by atoms with Crippen molar-refractivity contribution in [3.63, 3.8) is 0 Å². The van der Waals surface area contributed by atoms with Gasteiger partial charge in [0.05, 0.1) is 11.2 Å². The van der Waals surface area contributed by atoms with E-state index in [0.717, 1.165) is 0 Å². The summed E-state index contributed by atoms with van der Waals surface area (Å²) >= 11 is 0. The number of anilines is 1. The number of nitrogens with zero attached hydrogens (tertiary/aromatic N) is 2. The van der Waals surface area contributed by atoms with Gasteiger partial charge < -0.3 is 25.4 Å². The van der Waals surface area contributed by atoms with Crippen LogP contribution in [0.2, 0.25) is 0 Å². The number of rotatable bonds is 4. The number of pyridine rings is 1. The first-order valence-corrected chi connectivity index (χ1v) is 11.1. The van der Waals surface area contributed by atoms with Crippen molar-refractivity contribution in [1.82, 2.24) is 10.3 Å². The molecular weight excluding hydrogens is 444 g/mol. The highest BCUT2D eigenvalue weighted by Crippen LogP contribution is 2.31. The maximum atomic E-state index is 13.1. The molecule has 35 heavy (non-hydrogen) atoms. The van der Waals surface area contributed by atoms with Crippen molar-refractivity contribution in [3.05, 3.63) is 78.1 Å². The molecule has 4 rings (SSSR count). The molecule has 1 aliphatic rings. The lowest BCUT2D eigenvalue weighted by atomic mass is 10.1. The number of amides is 2. The van der Waals surface area contributed by atoms with Crippen molar-refractivity contribution in [2.24, 2.45) is 5.73 Å². The van der Waals surface area contributed by atoms with Crippen LogP contribution in [-0.4, -0.2) is 42.0 Å². The number of carbonyl (C=O) groups is 2. The molecule has 178 valence electrons. The van der Waals surface area contributed by atoms with Crippen LogP contribution in [0.4, 0.5) is 5.69 Å². The number of fused-ring (bicyclic) bond motifs is 1. The zero-order chi connectivity index (χ0) is 25.0. The lowest BCUT2D eigenvalue weighted by molar-refractivity contribution is -0.120. The highest BCUT2D eigenvalue weighted by molar-refractivity contribution is 6.03. The minimum Gasteiger partial charge on any atom is -0.489 e. The summed E-state index contributed by atoms with van der Waals surface area (Å²) < 4.78 is 11.6. The maximum absolute atomic E-state index is 13.1. The van der Waals surface area contributed by atoms with Crippen molar-refractivity contribution in [2.45, 2.75) is 25.4 Å². The molecule has 1 aromatic heterocycles. The molecule has 3 aromatic rings. The largest absolute Gasteiger partial charge is 0.489 e. The minimum absolute atomic E-state index is 0.0248. The second kappa shape index (κ2) is 9.87. The van der Waals surface area contributed by atoms with Gasteiger partial charge in [0.1, 0.15) is 35.6 Å². The Morgan fingerprint density at radius 2 is 1.94 bits per heavy atom. The van der Waals surface area contributed by atoms with Gasteiger partial charge in [-0.2, -0.15) is 0 Å². The summed E-state index contributed by atoms with van der Waals surface area (Å²) in [6.07, 6.45) is 1.48. The average Bonchev–Trinajstić information content (AvgIpc) is 2.95. The first kappa shape index (κ1) is 23.8. The molecule has 1 atom stereocenters. The van der Waals surface area contributed by atoms with Gasteiger partial charge in [0.2, 0.25) is 0 Å². The number of nitrogens with one attached hydrogen (secondary N) is 1. The van der Waals surface area contributed by atoms with Gasteiger partial charge in [0.15, 0.2) is 0 Å². The molecule has 1 aliphatic heterocycles. The Morgan fingerprint density at radius 1 is 1.17 bits per heavy atom. The van der Waals surface area contributed by atoms with Crippen molar-refractivity contribution in [2.75, 3.05) is 18.6 Å². The van der Waals surface area contributed by atoms with Gasteiger partial charge in [0, 0.05) is 24.9 Å². The molecule has 8 heteroatoms. The van der Waals surface area contributed by atoms with Crippen LogP contribution in [0.3, 0.4) is 0 Å². The van der Waals surface area contributed by atoms with Crippen LogP contribution in [0.15, 0.2) is 66.9 Å². The van der Waals surface area contributed by atoms with Crippen LogP contribution in [0.5, 0.6) is 17.2 Å². The molecule has 0 radical (unpaired) electrons. The van der Waals surface area contributed by atoms with Crippen LogP contribution in [0.25, 0.3) is 0 Å². The topological polar surface area (TPSA) is 107 Å². The Balaban J connectivity index is 1.48. The third-order valence-corrected chi connectivity index (χ3v) is 5.13. The number of para-hydroxylation sites is 1. The Bertz CT molecular complexity index is 1310. The molecule has 0 spiro atoms. The quantitative estimate of drug-likeness (QED) is 0.568. The van der Waals surface area contributed by atoms with Crippen LogP contribution < -0.4 is 25.4 Å². The van der Waals surface area contributed by atoms with E-state index >= 15 is 0 Å². The van der Waals surface area contributed by atoms with Crippen molar-refractivity contribution < 1.29 is 19.1 Å². The lowest BCUT2D eigenvalue weighted by Gasteiger charge is -2.20. The highest BCUT2D eigenvalue weighted by Gasteiger charge is 2.31. The molecule has 2 amide bonds. The fourth-order valence-corrected chi connectivity index (χ4v) is 3.37. The molecule has 0 fully saturated rings. The SMILES string of the molecule is CN1C(=O)[C@@H](NC(=O)c2cc(Oc3ccccc3)ccn2)COc2ccc(C#CC(C)(C)N)cc21. The first-order chi connectivity index (χ1) is 16.7. The van der Waals surface area contributed by atoms with Crippen LogP contribution in [0, 0.1) is 11.8 Å². The van der Waals surface area contributed by atoms with Gasteiger partial charge >= 0.3 is 0 Å². The Morgan fingerprint density at radius 3 is 2.69 bits per heavy atom. The maximum Gasteiger partial charge on any atom is 0.270 e. The standard InChI is InChI=1S/C27H26N4O4/c1-27(2,28)13-11-18-9-10-24-23(15-18)31(3)26(33)22(17-34-24)30-25(32)21-16-20(12-14-29-21)35-19-7-5-4-6-8-19/h4-10,12,14-16,22H,17,28H2,1-3H3,(H,30,32)/t22-/m0/s1. The number of hydrogen-bond acceptors (Lipinski definition) is 6. The second-order valence-electron chi connectivity index (χ2n) is 8.68. The van der Waals surface area contributed by atoms with Gasteiger partial charge in [-0.25, -0.2) is 0 Å². The fourth-order valence-electron chi connectivity index (χ4n) is 3.37. The lowest BCUT2D eigenvalue weighted by Crippen LogP contribution is -2.49. The Hall–Kier alpha value is -4.35. The summed E-state index contributed by atoms with van der Waals surface area (Å²) in [6.45, 7) is 3.60. The molecule has 3 N–H and O–H groups in total. The highest BCUT2D eigenvalue weighted by atomic mass is 16.5. The third kappa shape index (κ3) is 5.96. The van der Waals surface area contributed by atoms with Gasteiger partial charge in [-0.1, -0.05) is 30.0 Å². The molecule has 0 aliphatic carbocycles. The van der Waals surface area contributed by atoms with E-state index in [4.69, 9.17) is 15.2 Å². The second-order valence-corrected chi connectivity index (χ2v) is 8.68. The van der Waals surface area contributed by atoms with Crippen LogP contribution in [-0.2, 0) is 4.79 Å². The van der Waals surface area contributed by atoms with Gasteiger partial charge in [0.25, 0.3) is 11.8 Å². The summed E-state index contributed by atoms with van der Waals surface area (Å²) in [5, 5.41) is 2.72. The van der Waals surface area contributed by atoms with Gasteiger partial charge in [-0.3, -0.25) is 14.6 Å². The number of aromatic nitrogens is 1. The molecule has 0 bridgehead atoms. The van der Waals surface area contributed by atoms with Crippen molar-refractivity contribution >= 4 is 17.5 Å². The number of hydrogen-bond donors (Lipinski definition) is 2. The molecule has 0 unspecified atom stereocenters. The zero-order valence-electron chi connectivity index (χ0n) is 19.7. The van der Waals surface area contributed by atoms with E-state index in [1.54, 1.807) is 31.3 Å². The molecule has 0 saturated carbocycles. The van der Waals surface area contributed by atoms with Gasteiger partial charge in [-0.15, -0.1) is 0 Å². The van der Waals surface area contributed by atoms with Crippen LogP contribution in [0.1, 0.15) is 29.9 Å². The molecule has 2 heterocycles. The minimum atomic E-state index is -0.905. The molecule has 8 nitrogen and oxygen atoms in total. The Labute approximate surface area is 204 Å². The zero-order valence-corrected chi connectivity index (χ0v) is 19.7. The van der Waals surface area contributed by atoms with E-state index in [0.29, 0.717) is 28.5 Å². The fraction of sp³-hybridized carbons (Fsp3) is 0.222. The van der Waals surface area contributed by atoms with E-state index in [1.807, 2.05) is 44.2 Å². The number of benzene rings is 2. The summed E-state index contributed by atoms with van der Waals surface area (Å²) in [7, 11) is 1.63. The molecule has 2 aromatic carbocycles. The normalized spacial score (nSPS) is 15.1. The van der Waals surface area contributed by atoms with Crippen molar-refractivity contribution in [1.29, 1.82) is 0 Å². The number of carbonyl (C=O) groups excluding carboxylic acids is 2. The number of likely N-dealkylation sites (N-methyl/N-ethyl adjacent to an activating group) is 1. The Kier molecular flexibility index (Phi) is 6.71. The summed E-state index contributed by atoms with van der Waals surface area (Å²) in [6, 6.07) is 16.8. The number of nitrogens with two attached hydrogens (primary N) is 1. The van der Waals surface area contributed by atoms with Crippen molar-refractivity contribution in [3.8, 4) is 29.1 Å². The first-order valence-electron chi connectivity index (χ1n) is 11.1. The van der Waals surface area contributed by atoms with Crippen LogP contribution >= 0.6 is 0 Å². The molecule has 0 saturated heterocycles. The molecular formula is C27H26N4O4. The predicted molar refractivity (Wildman–Crippen MR) is 132 cm³/mol.